The number of nitrogens with zero attached hydrogens (tertiary/aromatic N) is 1. The molecule has 0 aromatic heterocycles. The molecule has 3 rings (SSSR count). The summed E-state index contributed by atoms with van der Waals surface area (Å²) in [5, 5.41) is 6.99. The van der Waals surface area contributed by atoms with Gasteiger partial charge >= 0.3 is 0 Å². The molecule has 4 nitrogen and oxygen atoms in total. The third-order valence-electron chi connectivity index (χ3n) is 4.76. The van der Waals surface area contributed by atoms with Crippen molar-refractivity contribution in [2.45, 2.75) is 57.5 Å². The molecule has 0 unspecified atom stereocenters. The lowest BCUT2D eigenvalue weighted by molar-refractivity contribution is 0.296. The number of aliphatic imine (C=N–C) groups is 1. The molecule has 2 aliphatic carbocycles. The van der Waals surface area contributed by atoms with Gasteiger partial charge in [0, 0.05) is 25.2 Å². The summed E-state index contributed by atoms with van der Waals surface area (Å²) in [5.41, 5.74) is 1.19. The van der Waals surface area contributed by atoms with Crippen molar-refractivity contribution in [2.75, 3.05) is 13.7 Å². The highest BCUT2D eigenvalue weighted by molar-refractivity contribution is 5.80. The van der Waals surface area contributed by atoms with Crippen molar-refractivity contribution in [3.63, 3.8) is 0 Å². The third-order valence-corrected chi connectivity index (χ3v) is 4.76. The molecule has 2 aliphatic rings. The lowest BCUT2D eigenvalue weighted by Gasteiger charge is -2.25. The Balaban J connectivity index is 1.51. The molecule has 0 radical (unpaired) electrons. The van der Waals surface area contributed by atoms with Crippen molar-refractivity contribution in [1.82, 2.24) is 10.6 Å². The molecule has 1 aromatic rings. The highest BCUT2D eigenvalue weighted by atomic mass is 16.5. The van der Waals surface area contributed by atoms with E-state index in [1.165, 1.54) is 50.5 Å². The third kappa shape index (κ3) is 5.15. The standard InChI is InChI=1S/C19H29N3O/c1-20-19(22-17-8-3-2-4-9-17)21-13-16-7-5-6-10-18(16)23-14-15-11-12-15/h5-7,10,15,17H,2-4,8-9,11-14H2,1H3,(H2,20,21,22). The Morgan fingerprint density at radius 2 is 1.91 bits per heavy atom. The Kier molecular flexibility index (Phi) is 5.78. The number of nitrogens with one attached hydrogen (secondary N) is 2. The number of rotatable bonds is 6. The van der Waals surface area contributed by atoms with Gasteiger partial charge in [-0.25, -0.2) is 0 Å². The van der Waals surface area contributed by atoms with Gasteiger partial charge in [-0.05, 0) is 37.7 Å². The number of benzene rings is 1. The summed E-state index contributed by atoms with van der Waals surface area (Å²) in [4.78, 5) is 4.36. The van der Waals surface area contributed by atoms with Crippen LogP contribution in [0, 0.1) is 5.92 Å². The maximum Gasteiger partial charge on any atom is 0.191 e. The molecule has 23 heavy (non-hydrogen) atoms. The Hall–Kier alpha value is -1.71. The minimum atomic E-state index is 0.566. The van der Waals surface area contributed by atoms with Crippen LogP contribution in [0.1, 0.15) is 50.5 Å². The molecule has 0 bridgehead atoms. The van der Waals surface area contributed by atoms with Crippen LogP contribution in [0.15, 0.2) is 29.3 Å². The van der Waals surface area contributed by atoms with Crippen LogP contribution in [0.5, 0.6) is 5.75 Å². The van der Waals surface area contributed by atoms with Crippen molar-refractivity contribution in [2.24, 2.45) is 10.9 Å². The van der Waals surface area contributed by atoms with Crippen LogP contribution in [0.25, 0.3) is 0 Å². The molecule has 0 heterocycles. The van der Waals surface area contributed by atoms with Crippen molar-refractivity contribution in [3.05, 3.63) is 29.8 Å². The number of guanidine groups is 1. The topological polar surface area (TPSA) is 45.7 Å². The van der Waals surface area contributed by atoms with E-state index in [0.717, 1.165) is 30.8 Å². The van der Waals surface area contributed by atoms with Crippen LogP contribution in [-0.4, -0.2) is 25.7 Å². The van der Waals surface area contributed by atoms with Gasteiger partial charge < -0.3 is 15.4 Å². The van der Waals surface area contributed by atoms with E-state index in [1.54, 1.807) is 0 Å². The Morgan fingerprint density at radius 1 is 1.13 bits per heavy atom. The fourth-order valence-electron chi connectivity index (χ4n) is 3.10. The predicted molar refractivity (Wildman–Crippen MR) is 94.9 cm³/mol. The summed E-state index contributed by atoms with van der Waals surface area (Å²) in [5.74, 6) is 2.67. The first kappa shape index (κ1) is 16.2. The summed E-state index contributed by atoms with van der Waals surface area (Å²) < 4.78 is 5.98. The molecular formula is C19H29N3O. The van der Waals surface area contributed by atoms with Gasteiger partial charge in [-0.15, -0.1) is 0 Å². The fraction of sp³-hybridized carbons (Fsp3) is 0.632. The van der Waals surface area contributed by atoms with Crippen molar-refractivity contribution in [1.29, 1.82) is 0 Å². The van der Waals surface area contributed by atoms with Gasteiger partial charge in [0.05, 0.1) is 6.61 Å². The van der Waals surface area contributed by atoms with Crippen LogP contribution in [0.3, 0.4) is 0 Å². The van der Waals surface area contributed by atoms with Crippen LogP contribution in [0.4, 0.5) is 0 Å². The summed E-state index contributed by atoms with van der Waals surface area (Å²) in [7, 11) is 1.84. The van der Waals surface area contributed by atoms with Crippen LogP contribution in [-0.2, 0) is 6.54 Å². The second-order valence-electron chi connectivity index (χ2n) is 6.77. The first-order chi connectivity index (χ1) is 11.3. The average Bonchev–Trinajstić information content (AvgIpc) is 3.43. The van der Waals surface area contributed by atoms with Gasteiger partial charge in [-0.3, -0.25) is 4.99 Å². The van der Waals surface area contributed by atoms with Gasteiger partial charge in [0.15, 0.2) is 5.96 Å². The predicted octanol–water partition coefficient (Wildman–Crippen LogP) is 3.47. The number of para-hydroxylation sites is 1. The quantitative estimate of drug-likeness (QED) is 0.624. The molecule has 2 saturated carbocycles. The van der Waals surface area contributed by atoms with Gasteiger partial charge in [-0.1, -0.05) is 37.5 Å². The first-order valence-corrected chi connectivity index (χ1v) is 9.03. The van der Waals surface area contributed by atoms with Gasteiger partial charge in [0.25, 0.3) is 0 Å². The smallest absolute Gasteiger partial charge is 0.191 e. The summed E-state index contributed by atoms with van der Waals surface area (Å²) in [6.45, 7) is 1.60. The summed E-state index contributed by atoms with van der Waals surface area (Å²) in [6, 6.07) is 8.87. The molecule has 2 fully saturated rings. The zero-order valence-corrected chi connectivity index (χ0v) is 14.2. The minimum absolute atomic E-state index is 0.566. The van der Waals surface area contributed by atoms with E-state index in [0.29, 0.717) is 6.04 Å². The van der Waals surface area contributed by atoms with Crippen molar-refractivity contribution >= 4 is 5.96 Å². The van der Waals surface area contributed by atoms with Gasteiger partial charge in [-0.2, -0.15) is 0 Å². The van der Waals surface area contributed by atoms with E-state index in [9.17, 15) is 0 Å². The Labute approximate surface area is 139 Å². The lowest BCUT2D eigenvalue weighted by atomic mass is 9.96. The normalized spacial score (nSPS) is 19.4. The number of ether oxygens (including phenoxy) is 1. The van der Waals surface area contributed by atoms with Crippen LogP contribution in [0.2, 0.25) is 0 Å². The molecule has 2 N–H and O–H groups in total. The number of hydrogen-bond acceptors (Lipinski definition) is 2. The average molecular weight is 315 g/mol. The lowest BCUT2D eigenvalue weighted by Crippen LogP contribution is -2.43. The van der Waals surface area contributed by atoms with Crippen molar-refractivity contribution in [3.8, 4) is 5.75 Å². The van der Waals surface area contributed by atoms with Gasteiger partial charge in [0.2, 0.25) is 0 Å². The van der Waals surface area contributed by atoms with E-state index in [4.69, 9.17) is 4.74 Å². The van der Waals surface area contributed by atoms with E-state index in [1.807, 2.05) is 13.1 Å². The summed E-state index contributed by atoms with van der Waals surface area (Å²) >= 11 is 0. The van der Waals surface area contributed by atoms with E-state index in [2.05, 4.69) is 33.8 Å². The Morgan fingerprint density at radius 3 is 2.65 bits per heavy atom. The zero-order chi connectivity index (χ0) is 15.9. The second-order valence-corrected chi connectivity index (χ2v) is 6.77. The first-order valence-electron chi connectivity index (χ1n) is 9.03. The van der Waals surface area contributed by atoms with E-state index in [-0.39, 0.29) is 0 Å². The molecule has 0 spiro atoms. The number of hydrogen-bond donors (Lipinski definition) is 2. The molecule has 0 aliphatic heterocycles. The highest BCUT2D eigenvalue weighted by Gasteiger charge is 2.22. The molecular weight excluding hydrogens is 286 g/mol. The maximum atomic E-state index is 5.98. The van der Waals surface area contributed by atoms with Gasteiger partial charge in [0.1, 0.15) is 5.75 Å². The Bertz CT molecular complexity index is 519. The van der Waals surface area contributed by atoms with E-state index < -0.39 is 0 Å². The monoisotopic (exact) mass is 315 g/mol. The second kappa shape index (κ2) is 8.23. The van der Waals surface area contributed by atoms with Crippen LogP contribution >= 0.6 is 0 Å². The van der Waals surface area contributed by atoms with E-state index >= 15 is 0 Å². The SMILES string of the molecule is CN=C(NCc1ccccc1OCC1CC1)NC1CCCCC1. The fourth-order valence-corrected chi connectivity index (χ4v) is 3.10. The largest absolute Gasteiger partial charge is 0.493 e. The zero-order valence-electron chi connectivity index (χ0n) is 14.2. The molecule has 4 heteroatoms. The maximum absolute atomic E-state index is 5.98. The van der Waals surface area contributed by atoms with Crippen molar-refractivity contribution < 1.29 is 4.74 Å². The summed E-state index contributed by atoms with van der Waals surface area (Å²) in [6.07, 6.45) is 9.16. The highest BCUT2D eigenvalue weighted by Crippen LogP contribution is 2.30. The molecule has 1 aromatic carbocycles. The van der Waals surface area contributed by atoms with Crippen LogP contribution < -0.4 is 15.4 Å². The minimum Gasteiger partial charge on any atom is -0.493 e. The molecule has 126 valence electrons. The molecule has 0 saturated heterocycles. The molecule has 0 atom stereocenters. The molecule has 0 amide bonds.